The van der Waals surface area contributed by atoms with Crippen molar-refractivity contribution >= 4 is 5.82 Å². The predicted octanol–water partition coefficient (Wildman–Crippen LogP) is 3.74. The summed E-state index contributed by atoms with van der Waals surface area (Å²) >= 11 is 0. The highest BCUT2D eigenvalue weighted by Gasteiger charge is 2.36. The maximum absolute atomic E-state index is 12.4. The summed E-state index contributed by atoms with van der Waals surface area (Å²) in [5.41, 5.74) is -0.751. The minimum absolute atomic E-state index is 0.319. The summed E-state index contributed by atoms with van der Waals surface area (Å²) in [4.78, 5) is 11.0. The lowest BCUT2D eigenvalue weighted by Gasteiger charge is -2.39. The number of hydrogen-bond acceptors (Lipinski definition) is 5. The minimum atomic E-state index is -4.75. The number of alkyl halides is 3. The minimum Gasteiger partial charge on any atom is -0.406 e. The Kier molecular flexibility index (Phi) is 4.46. The molecule has 2 aromatic rings. The van der Waals surface area contributed by atoms with Gasteiger partial charge < -0.3 is 14.7 Å². The van der Waals surface area contributed by atoms with Crippen molar-refractivity contribution in [1.82, 2.24) is 9.97 Å². The van der Waals surface area contributed by atoms with Crippen molar-refractivity contribution < 1.29 is 23.0 Å². The fraction of sp³-hybridized carbons (Fsp3) is 0.474. The van der Waals surface area contributed by atoms with Crippen LogP contribution in [0.25, 0.3) is 0 Å². The van der Waals surface area contributed by atoms with E-state index in [2.05, 4.69) is 19.6 Å². The fourth-order valence-electron chi connectivity index (χ4n) is 3.46. The van der Waals surface area contributed by atoms with E-state index in [0.29, 0.717) is 37.4 Å². The van der Waals surface area contributed by atoms with Crippen LogP contribution in [0.15, 0.2) is 36.5 Å². The summed E-state index contributed by atoms with van der Waals surface area (Å²) in [6.45, 7) is 1.12. The van der Waals surface area contributed by atoms with Gasteiger partial charge in [-0.1, -0.05) is 12.1 Å². The SMILES string of the molecule is OC1(c2cccc(OC(F)(F)F)c2)CCN(c2ccnc(C3CC3)n2)CC1. The van der Waals surface area contributed by atoms with Crippen molar-refractivity contribution in [3.05, 3.63) is 47.9 Å². The van der Waals surface area contributed by atoms with E-state index < -0.39 is 12.0 Å². The average Bonchev–Trinajstić information content (AvgIpc) is 3.46. The van der Waals surface area contributed by atoms with E-state index >= 15 is 0 Å². The molecule has 0 radical (unpaired) electrons. The number of hydrogen-bond donors (Lipinski definition) is 1. The topological polar surface area (TPSA) is 58.5 Å². The van der Waals surface area contributed by atoms with Gasteiger partial charge in [-0.25, -0.2) is 9.97 Å². The van der Waals surface area contributed by atoms with Gasteiger partial charge in [-0.2, -0.15) is 0 Å². The normalized spacial score (nSPS) is 19.8. The van der Waals surface area contributed by atoms with E-state index in [1.54, 1.807) is 12.3 Å². The second-order valence-corrected chi connectivity index (χ2v) is 7.14. The number of halogens is 3. The third kappa shape index (κ3) is 4.16. The number of ether oxygens (including phenoxy) is 1. The van der Waals surface area contributed by atoms with E-state index in [0.717, 1.165) is 24.5 Å². The van der Waals surface area contributed by atoms with Gasteiger partial charge in [0.05, 0.1) is 5.60 Å². The first-order chi connectivity index (χ1) is 12.8. The van der Waals surface area contributed by atoms with Gasteiger partial charge >= 0.3 is 6.36 Å². The highest BCUT2D eigenvalue weighted by atomic mass is 19.4. The summed E-state index contributed by atoms with van der Waals surface area (Å²) in [6, 6.07) is 7.45. The van der Waals surface area contributed by atoms with E-state index in [1.807, 2.05) is 6.07 Å². The molecule has 0 bridgehead atoms. The third-order valence-electron chi connectivity index (χ3n) is 5.12. The van der Waals surface area contributed by atoms with Gasteiger partial charge in [-0.05, 0) is 49.4 Å². The number of aromatic nitrogens is 2. The number of nitrogens with zero attached hydrogens (tertiary/aromatic N) is 3. The van der Waals surface area contributed by atoms with Crippen LogP contribution < -0.4 is 9.64 Å². The maximum atomic E-state index is 12.4. The molecule has 1 saturated heterocycles. The van der Waals surface area contributed by atoms with Crippen LogP contribution in [0, 0.1) is 0 Å². The number of anilines is 1. The molecule has 1 aliphatic heterocycles. The second kappa shape index (κ2) is 6.67. The summed E-state index contributed by atoms with van der Waals surface area (Å²) < 4.78 is 41.3. The molecule has 8 heteroatoms. The van der Waals surface area contributed by atoms with Crippen LogP contribution in [0.3, 0.4) is 0 Å². The molecule has 1 aromatic heterocycles. The summed E-state index contributed by atoms with van der Waals surface area (Å²) in [5, 5.41) is 11.0. The molecule has 2 heterocycles. The van der Waals surface area contributed by atoms with E-state index in [-0.39, 0.29) is 5.75 Å². The second-order valence-electron chi connectivity index (χ2n) is 7.14. The van der Waals surface area contributed by atoms with Crippen LogP contribution in [0.5, 0.6) is 5.75 Å². The van der Waals surface area contributed by atoms with Crippen LogP contribution in [-0.2, 0) is 5.60 Å². The molecule has 0 spiro atoms. The Hall–Kier alpha value is -2.35. The summed E-state index contributed by atoms with van der Waals surface area (Å²) in [5.74, 6) is 1.84. The first kappa shape index (κ1) is 18.0. The lowest BCUT2D eigenvalue weighted by molar-refractivity contribution is -0.274. The molecule has 2 aliphatic rings. The van der Waals surface area contributed by atoms with Crippen LogP contribution in [-0.4, -0.2) is 34.5 Å². The molecule has 1 aliphatic carbocycles. The monoisotopic (exact) mass is 379 g/mol. The zero-order valence-corrected chi connectivity index (χ0v) is 14.6. The van der Waals surface area contributed by atoms with Crippen LogP contribution in [0.4, 0.5) is 19.0 Å². The molecule has 2 fully saturated rings. The van der Waals surface area contributed by atoms with E-state index in [9.17, 15) is 18.3 Å². The molecule has 0 atom stereocenters. The van der Waals surface area contributed by atoms with Gasteiger partial charge in [0.1, 0.15) is 17.4 Å². The lowest BCUT2D eigenvalue weighted by Crippen LogP contribution is -2.43. The number of piperidine rings is 1. The van der Waals surface area contributed by atoms with Crippen molar-refractivity contribution in [2.45, 2.75) is 43.6 Å². The van der Waals surface area contributed by atoms with Gasteiger partial charge in [0.2, 0.25) is 0 Å². The zero-order valence-electron chi connectivity index (χ0n) is 14.6. The van der Waals surface area contributed by atoms with Crippen molar-refractivity contribution in [2.75, 3.05) is 18.0 Å². The lowest BCUT2D eigenvalue weighted by atomic mass is 9.84. The Balaban J connectivity index is 1.46. The standard InChI is InChI=1S/C19H20F3N3O2/c20-19(21,22)27-15-3-1-2-14(12-15)18(26)7-10-25(11-8-18)16-6-9-23-17(24-16)13-4-5-13/h1-3,6,9,12-13,26H,4-5,7-8,10-11H2. The van der Waals surface area contributed by atoms with Crippen LogP contribution in [0.1, 0.15) is 43.0 Å². The highest BCUT2D eigenvalue weighted by molar-refractivity contribution is 5.40. The Bertz CT molecular complexity index is 816. The smallest absolute Gasteiger partial charge is 0.406 e. The molecule has 1 N–H and O–H groups in total. The van der Waals surface area contributed by atoms with Crippen LogP contribution >= 0.6 is 0 Å². The largest absolute Gasteiger partial charge is 0.573 e. The van der Waals surface area contributed by atoms with Crippen molar-refractivity contribution in [2.24, 2.45) is 0 Å². The molecule has 4 rings (SSSR count). The molecule has 0 amide bonds. The molecule has 1 saturated carbocycles. The van der Waals surface area contributed by atoms with Crippen LogP contribution in [0.2, 0.25) is 0 Å². The highest BCUT2D eigenvalue weighted by Crippen LogP contribution is 2.39. The zero-order chi connectivity index (χ0) is 19.1. The summed E-state index contributed by atoms with van der Waals surface area (Å²) in [6.07, 6.45) is 0.0428. The number of benzene rings is 1. The molecular formula is C19H20F3N3O2. The molecule has 0 unspecified atom stereocenters. The Morgan fingerprint density at radius 3 is 2.56 bits per heavy atom. The Morgan fingerprint density at radius 1 is 1.15 bits per heavy atom. The molecular weight excluding hydrogens is 359 g/mol. The van der Waals surface area contributed by atoms with Gasteiger partial charge in [0, 0.05) is 25.2 Å². The third-order valence-corrected chi connectivity index (χ3v) is 5.12. The summed E-state index contributed by atoms with van der Waals surface area (Å²) in [7, 11) is 0. The van der Waals surface area contributed by atoms with Gasteiger partial charge in [0.15, 0.2) is 0 Å². The Labute approximate surface area is 154 Å². The molecule has 27 heavy (non-hydrogen) atoms. The fourth-order valence-corrected chi connectivity index (χ4v) is 3.46. The average molecular weight is 379 g/mol. The van der Waals surface area contributed by atoms with E-state index in [4.69, 9.17) is 0 Å². The quantitative estimate of drug-likeness (QED) is 0.877. The predicted molar refractivity (Wildman–Crippen MR) is 92.5 cm³/mol. The number of rotatable bonds is 4. The van der Waals surface area contributed by atoms with Crippen molar-refractivity contribution in [1.29, 1.82) is 0 Å². The first-order valence-electron chi connectivity index (χ1n) is 8.99. The van der Waals surface area contributed by atoms with Gasteiger partial charge in [0.25, 0.3) is 0 Å². The van der Waals surface area contributed by atoms with E-state index in [1.165, 1.54) is 18.2 Å². The molecule has 144 valence electrons. The first-order valence-corrected chi connectivity index (χ1v) is 8.99. The number of aliphatic hydroxyl groups is 1. The Morgan fingerprint density at radius 2 is 1.89 bits per heavy atom. The molecule has 1 aromatic carbocycles. The maximum Gasteiger partial charge on any atom is 0.573 e. The molecule has 5 nitrogen and oxygen atoms in total. The van der Waals surface area contributed by atoms with Crippen molar-refractivity contribution in [3.63, 3.8) is 0 Å². The van der Waals surface area contributed by atoms with Gasteiger partial charge in [-0.3, -0.25) is 0 Å². The van der Waals surface area contributed by atoms with Crippen molar-refractivity contribution in [3.8, 4) is 5.75 Å². The van der Waals surface area contributed by atoms with Gasteiger partial charge in [-0.15, -0.1) is 13.2 Å².